The van der Waals surface area contributed by atoms with Crippen LogP contribution in [0.2, 0.25) is 0 Å². The van der Waals surface area contributed by atoms with Crippen LogP contribution in [-0.2, 0) is 0 Å². The van der Waals surface area contributed by atoms with Crippen molar-refractivity contribution in [1.82, 2.24) is 0 Å². The molecule has 0 aromatic heterocycles. The summed E-state index contributed by atoms with van der Waals surface area (Å²) in [6.07, 6.45) is -2.94. The second-order valence-corrected chi connectivity index (χ2v) is 4.88. The van der Waals surface area contributed by atoms with Gasteiger partial charge in [0, 0.05) is 18.4 Å². The van der Waals surface area contributed by atoms with E-state index in [0.29, 0.717) is 0 Å². The summed E-state index contributed by atoms with van der Waals surface area (Å²) >= 11 is 0. The van der Waals surface area contributed by atoms with Gasteiger partial charge >= 0.3 is 0 Å². The molecule has 0 spiro atoms. The van der Waals surface area contributed by atoms with Crippen molar-refractivity contribution in [2.45, 2.75) is 43.3 Å². The summed E-state index contributed by atoms with van der Waals surface area (Å²) in [6.45, 7) is 0. The quantitative estimate of drug-likeness (QED) is 0.858. The minimum atomic E-state index is -2.80. The molecular weight excluding hydrogens is 245 g/mol. The number of aliphatic hydroxyl groups is 2. The van der Waals surface area contributed by atoms with E-state index in [-0.39, 0.29) is 18.4 Å². The highest BCUT2D eigenvalue weighted by atomic mass is 19.3. The van der Waals surface area contributed by atoms with E-state index in [1.807, 2.05) is 0 Å². The van der Waals surface area contributed by atoms with Crippen LogP contribution in [-0.4, -0.2) is 21.7 Å². The Labute approximate surface area is 103 Å². The zero-order valence-electron chi connectivity index (χ0n) is 9.74. The highest BCUT2D eigenvalue weighted by Crippen LogP contribution is 2.44. The fourth-order valence-electron chi connectivity index (χ4n) is 2.31. The van der Waals surface area contributed by atoms with Crippen molar-refractivity contribution < 1.29 is 23.4 Å². The van der Waals surface area contributed by atoms with E-state index in [2.05, 4.69) is 0 Å². The first-order valence-corrected chi connectivity index (χ1v) is 5.87. The monoisotopic (exact) mass is 260 g/mol. The topological polar surface area (TPSA) is 40.5 Å². The van der Waals surface area contributed by atoms with Gasteiger partial charge in [0.1, 0.15) is 11.9 Å². The van der Waals surface area contributed by atoms with Gasteiger partial charge < -0.3 is 10.2 Å². The molecule has 1 saturated carbocycles. The van der Waals surface area contributed by atoms with Crippen molar-refractivity contribution in [2.75, 3.05) is 0 Å². The molecule has 2 nitrogen and oxygen atoms in total. The van der Waals surface area contributed by atoms with Crippen LogP contribution in [0.3, 0.4) is 0 Å². The van der Waals surface area contributed by atoms with Crippen LogP contribution in [0.5, 0.6) is 0 Å². The van der Waals surface area contributed by atoms with E-state index in [9.17, 15) is 23.4 Å². The molecule has 0 heterocycles. The lowest BCUT2D eigenvalue weighted by atomic mass is 9.77. The SMILES string of the molecule is OC(c1ccccc1F)C1(O)CCC(F)(F)CC1. The Kier molecular flexibility index (Phi) is 3.38. The summed E-state index contributed by atoms with van der Waals surface area (Å²) in [4.78, 5) is 0. The zero-order valence-corrected chi connectivity index (χ0v) is 9.74. The van der Waals surface area contributed by atoms with E-state index in [1.54, 1.807) is 0 Å². The standard InChI is InChI=1S/C13H15F3O2/c14-10-4-2-1-3-9(10)11(17)12(18)5-7-13(15,16)8-6-12/h1-4,11,17-18H,5-8H2. The number of alkyl halides is 2. The summed E-state index contributed by atoms with van der Waals surface area (Å²) in [6, 6.07) is 5.51. The van der Waals surface area contributed by atoms with E-state index >= 15 is 0 Å². The normalized spacial score (nSPS) is 23.6. The summed E-state index contributed by atoms with van der Waals surface area (Å²) in [5.74, 6) is -3.45. The van der Waals surface area contributed by atoms with Gasteiger partial charge in [-0.25, -0.2) is 13.2 Å². The molecule has 0 bridgehead atoms. The molecule has 2 N–H and O–H groups in total. The van der Waals surface area contributed by atoms with Crippen molar-refractivity contribution in [1.29, 1.82) is 0 Å². The molecular formula is C13H15F3O2. The average molecular weight is 260 g/mol. The molecule has 100 valence electrons. The molecule has 1 aromatic rings. The van der Waals surface area contributed by atoms with E-state index in [4.69, 9.17) is 0 Å². The Morgan fingerprint density at radius 1 is 1.06 bits per heavy atom. The summed E-state index contributed by atoms with van der Waals surface area (Å²) in [5, 5.41) is 20.2. The van der Waals surface area contributed by atoms with Gasteiger partial charge in [-0.15, -0.1) is 0 Å². The van der Waals surface area contributed by atoms with Crippen LogP contribution < -0.4 is 0 Å². The molecule has 2 rings (SSSR count). The second-order valence-electron chi connectivity index (χ2n) is 4.88. The molecule has 1 aliphatic carbocycles. The van der Waals surface area contributed by atoms with Crippen LogP contribution in [0.1, 0.15) is 37.4 Å². The molecule has 1 fully saturated rings. The summed E-state index contributed by atoms with van der Waals surface area (Å²) < 4.78 is 39.6. The third kappa shape index (κ3) is 2.52. The predicted octanol–water partition coefficient (Wildman–Crippen LogP) is 2.80. The van der Waals surface area contributed by atoms with Crippen molar-refractivity contribution in [3.63, 3.8) is 0 Å². The molecule has 0 radical (unpaired) electrons. The maximum absolute atomic E-state index is 13.5. The number of hydrogen-bond donors (Lipinski definition) is 2. The maximum Gasteiger partial charge on any atom is 0.248 e. The van der Waals surface area contributed by atoms with Crippen LogP contribution in [0.4, 0.5) is 13.2 Å². The molecule has 1 aromatic carbocycles. The van der Waals surface area contributed by atoms with Gasteiger partial charge in [-0.1, -0.05) is 18.2 Å². The van der Waals surface area contributed by atoms with Gasteiger partial charge in [-0.3, -0.25) is 0 Å². The molecule has 5 heteroatoms. The number of rotatable bonds is 2. The third-order valence-electron chi connectivity index (χ3n) is 3.56. The number of hydrogen-bond acceptors (Lipinski definition) is 2. The highest BCUT2D eigenvalue weighted by Gasteiger charge is 2.47. The van der Waals surface area contributed by atoms with Crippen molar-refractivity contribution in [3.05, 3.63) is 35.6 Å². The summed E-state index contributed by atoms with van der Waals surface area (Å²) in [7, 11) is 0. The van der Waals surface area contributed by atoms with Crippen molar-refractivity contribution >= 4 is 0 Å². The van der Waals surface area contributed by atoms with Gasteiger partial charge in [-0.05, 0) is 18.9 Å². The maximum atomic E-state index is 13.5. The lowest BCUT2D eigenvalue weighted by molar-refractivity contribution is -0.151. The minimum absolute atomic E-state index is 0.0507. The smallest absolute Gasteiger partial charge is 0.248 e. The Morgan fingerprint density at radius 2 is 1.61 bits per heavy atom. The van der Waals surface area contributed by atoms with E-state index in [0.717, 1.165) is 0 Å². The van der Waals surface area contributed by atoms with E-state index < -0.39 is 36.3 Å². The molecule has 0 amide bonds. The Bertz CT molecular complexity index is 424. The second kappa shape index (κ2) is 4.55. The van der Waals surface area contributed by atoms with Gasteiger partial charge in [-0.2, -0.15) is 0 Å². The number of benzene rings is 1. The van der Waals surface area contributed by atoms with Gasteiger partial charge in [0.25, 0.3) is 0 Å². The predicted molar refractivity (Wildman–Crippen MR) is 59.7 cm³/mol. The lowest BCUT2D eigenvalue weighted by Crippen LogP contribution is -2.43. The molecule has 1 aliphatic rings. The van der Waals surface area contributed by atoms with Crippen LogP contribution in [0.15, 0.2) is 24.3 Å². The van der Waals surface area contributed by atoms with Gasteiger partial charge in [0.05, 0.1) is 5.60 Å². The van der Waals surface area contributed by atoms with Crippen LogP contribution >= 0.6 is 0 Å². The zero-order chi connectivity index (χ0) is 13.4. The van der Waals surface area contributed by atoms with Gasteiger partial charge in [0.2, 0.25) is 5.92 Å². The number of aliphatic hydroxyl groups excluding tert-OH is 1. The largest absolute Gasteiger partial charge is 0.387 e. The molecule has 0 aliphatic heterocycles. The highest BCUT2D eigenvalue weighted by molar-refractivity contribution is 5.23. The lowest BCUT2D eigenvalue weighted by Gasteiger charge is -2.39. The Balaban J connectivity index is 2.19. The van der Waals surface area contributed by atoms with Crippen LogP contribution in [0.25, 0.3) is 0 Å². The minimum Gasteiger partial charge on any atom is -0.387 e. The molecule has 0 saturated heterocycles. The first-order valence-electron chi connectivity index (χ1n) is 5.87. The third-order valence-corrected chi connectivity index (χ3v) is 3.56. The van der Waals surface area contributed by atoms with E-state index in [1.165, 1.54) is 24.3 Å². The Hall–Kier alpha value is -1.07. The van der Waals surface area contributed by atoms with Crippen molar-refractivity contribution in [3.8, 4) is 0 Å². The molecule has 1 atom stereocenters. The Morgan fingerprint density at radius 3 is 2.17 bits per heavy atom. The number of halogens is 3. The van der Waals surface area contributed by atoms with Gasteiger partial charge in [0.15, 0.2) is 0 Å². The summed E-state index contributed by atoms with van der Waals surface area (Å²) in [5.41, 5.74) is -1.73. The first-order chi connectivity index (χ1) is 8.34. The fraction of sp³-hybridized carbons (Fsp3) is 0.538. The first kappa shape index (κ1) is 13.4. The molecule has 1 unspecified atom stereocenters. The van der Waals surface area contributed by atoms with Crippen LogP contribution in [0, 0.1) is 5.82 Å². The van der Waals surface area contributed by atoms with Crippen molar-refractivity contribution in [2.24, 2.45) is 0 Å². The molecule has 18 heavy (non-hydrogen) atoms. The average Bonchev–Trinajstić information content (AvgIpc) is 2.33. The fourth-order valence-corrected chi connectivity index (χ4v) is 2.31.